The van der Waals surface area contributed by atoms with Crippen molar-refractivity contribution in [2.75, 3.05) is 11.4 Å². The highest BCUT2D eigenvalue weighted by Crippen LogP contribution is 2.33. The Balaban J connectivity index is 1.70. The topological polar surface area (TPSA) is 69.6 Å². The van der Waals surface area contributed by atoms with Crippen LogP contribution in [0.4, 0.5) is 27.6 Å². The van der Waals surface area contributed by atoms with E-state index in [-0.39, 0.29) is 30.8 Å². The van der Waals surface area contributed by atoms with Gasteiger partial charge in [-0.15, -0.1) is 0 Å². The molecule has 0 saturated carbocycles. The summed E-state index contributed by atoms with van der Waals surface area (Å²) < 4.78 is 64.4. The summed E-state index contributed by atoms with van der Waals surface area (Å²) in [5, 5.41) is 12.7. The molecule has 29 heavy (non-hydrogen) atoms. The van der Waals surface area contributed by atoms with Crippen LogP contribution in [0.5, 0.6) is 0 Å². The average Bonchev–Trinajstić information content (AvgIpc) is 2.94. The molecular weight excluding hydrogens is 399 g/mol. The van der Waals surface area contributed by atoms with Crippen molar-refractivity contribution < 1.29 is 36.6 Å². The molecule has 2 aromatic rings. The highest BCUT2D eigenvalue weighted by atomic mass is 19.4. The number of anilines is 1. The monoisotopic (exact) mass is 414 g/mol. The van der Waals surface area contributed by atoms with E-state index in [1.165, 1.54) is 0 Å². The molecule has 154 valence electrons. The van der Waals surface area contributed by atoms with Crippen molar-refractivity contribution in [1.82, 2.24) is 5.32 Å². The fourth-order valence-electron chi connectivity index (χ4n) is 3.03. The molecule has 0 bridgehead atoms. The molecule has 0 radical (unpaired) electrons. The number of nitrogens with one attached hydrogen (secondary N) is 1. The van der Waals surface area contributed by atoms with Crippen molar-refractivity contribution in [2.24, 2.45) is 0 Å². The van der Waals surface area contributed by atoms with Crippen molar-refractivity contribution in [1.29, 1.82) is 0 Å². The first kappa shape index (κ1) is 20.7. The van der Waals surface area contributed by atoms with Crippen LogP contribution in [0.2, 0.25) is 0 Å². The van der Waals surface area contributed by atoms with Gasteiger partial charge in [-0.1, -0.05) is 0 Å². The Hall–Kier alpha value is -3.01. The zero-order valence-electron chi connectivity index (χ0n) is 14.8. The van der Waals surface area contributed by atoms with Gasteiger partial charge in [-0.25, -0.2) is 8.78 Å². The lowest BCUT2D eigenvalue weighted by Gasteiger charge is -2.22. The Bertz CT molecular complexity index is 926. The number of halogens is 5. The Morgan fingerprint density at radius 3 is 2.24 bits per heavy atom. The lowest BCUT2D eigenvalue weighted by molar-refractivity contribution is -0.149. The van der Waals surface area contributed by atoms with E-state index >= 15 is 0 Å². The number of carbonyl (C=O) groups is 2. The van der Waals surface area contributed by atoms with E-state index in [0.717, 1.165) is 41.3 Å². The third-order valence-electron chi connectivity index (χ3n) is 4.55. The standard InChI is InChI=1S/C19H15F5N2O3/c20-13-7-11(8-14(21)9-13)10-25-16(27)18(29)5-6-26(17(18)28)15-3-1-12(2-4-15)19(22,23)24/h1-4,7-9,29H,5-6,10H2,(H,25,27)/t18-/m0/s1. The maximum Gasteiger partial charge on any atom is 0.416 e. The minimum absolute atomic E-state index is 0.0875. The average molecular weight is 414 g/mol. The van der Waals surface area contributed by atoms with E-state index in [1.54, 1.807) is 0 Å². The van der Waals surface area contributed by atoms with Crippen LogP contribution in [0.3, 0.4) is 0 Å². The van der Waals surface area contributed by atoms with E-state index in [9.17, 15) is 36.6 Å². The molecule has 1 saturated heterocycles. The molecule has 0 aliphatic carbocycles. The molecule has 3 rings (SSSR count). The highest BCUT2D eigenvalue weighted by molar-refractivity contribution is 6.16. The minimum Gasteiger partial charge on any atom is -0.372 e. The van der Waals surface area contributed by atoms with Crippen molar-refractivity contribution >= 4 is 17.5 Å². The third-order valence-corrected chi connectivity index (χ3v) is 4.55. The van der Waals surface area contributed by atoms with Gasteiger partial charge >= 0.3 is 6.18 Å². The molecule has 0 spiro atoms. The van der Waals surface area contributed by atoms with Crippen LogP contribution in [-0.2, 0) is 22.3 Å². The molecule has 1 fully saturated rings. The van der Waals surface area contributed by atoms with Crippen LogP contribution in [0.15, 0.2) is 42.5 Å². The van der Waals surface area contributed by atoms with Crippen molar-refractivity contribution in [2.45, 2.75) is 24.7 Å². The van der Waals surface area contributed by atoms with Crippen LogP contribution in [0.1, 0.15) is 17.5 Å². The van der Waals surface area contributed by atoms with Crippen molar-refractivity contribution in [3.05, 3.63) is 65.2 Å². The fraction of sp³-hybridized carbons (Fsp3) is 0.263. The lowest BCUT2D eigenvalue weighted by Crippen LogP contribution is -2.52. The number of hydrogen-bond donors (Lipinski definition) is 2. The highest BCUT2D eigenvalue weighted by Gasteiger charge is 2.51. The molecule has 0 aromatic heterocycles. The lowest BCUT2D eigenvalue weighted by atomic mass is 10.0. The summed E-state index contributed by atoms with van der Waals surface area (Å²) in [5.74, 6) is -3.77. The first-order valence-electron chi connectivity index (χ1n) is 8.45. The molecule has 1 aliphatic rings. The molecule has 1 aliphatic heterocycles. The summed E-state index contributed by atoms with van der Waals surface area (Å²) >= 11 is 0. The van der Waals surface area contributed by atoms with Crippen LogP contribution in [0.25, 0.3) is 0 Å². The first-order chi connectivity index (χ1) is 13.5. The number of benzene rings is 2. The van der Waals surface area contributed by atoms with Gasteiger partial charge in [0.25, 0.3) is 11.8 Å². The smallest absolute Gasteiger partial charge is 0.372 e. The largest absolute Gasteiger partial charge is 0.416 e. The van der Waals surface area contributed by atoms with E-state index < -0.39 is 40.8 Å². The Morgan fingerprint density at radius 2 is 1.69 bits per heavy atom. The Labute approximate surface area is 161 Å². The molecule has 1 heterocycles. The van der Waals surface area contributed by atoms with E-state index in [2.05, 4.69) is 5.32 Å². The summed E-state index contributed by atoms with van der Waals surface area (Å²) in [7, 11) is 0. The summed E-state index contributed by atoms with van der Waals surface area (Å²) in [6, 6.07) is 6.34. The van der Waals surface area contributed by atoms with Crippen LogP contribution < -0.4 is 10.2 Å². The molecular formula is C19H15F5N2O3. The number of alkyl halides is 3. The van der Waals surface area contributed by atoms with Gasteiger partial charge in [0.1, 0.15) is 11.6 Å². The van der Waals surface area contributed by atoms with Gasteiger partial charge in [-0.05, 0) is 42.0 Å². The van der Waals surface area contributed by atoms with Crippen molar-refractivity contribution in [3.8, 4) is 0 Å². The number of nitrogens with zero attached hydrogens (tertiary/aromatic N) is 1. The van der Waals surface area contributed by atoms with E-state index in [0.29, 0.717) is 6.07 Å². The summed E-state index contributed by atoms with van der Waals surface area (Å²) in [6.45, 7) is -0.425. The molecule has 2 amide bonds. The summed E-state index contributed by atoms with van der Waals surface area (Å²) in [4.78, 5) is 25.9. The molecule has 5 nitrogen and oxygen atoms in total. The summed E-state index contributed by atoms with van der Waals surface area (Å²) in [5.41, 5.74) is -3.15. The quantitative estimate of drug-likeness (QED) is 0.597. The predicted molar refractivity (Wildman–Crippen MR) is 91.6 cm³/mol. The van der Waals surface area contributed by atoms with Crippen LogP contribution >= 0.6 is 0 Å². The van der Waals surface area contributed by atoms with Crippen LogP contribution in [0, 0.1) is 11.6 Å². The van der Waals surface area contributed by atoms with Gasteiger partial charge in [-0.2, -0.15) is 13.2 Å². The number of carbonyl (C=O) groups excluding carboxylic acids is 2. The SMILES string of the molecule is O=C(NCc1cc(F)cc(F)c1)[C@@]1(O)CCN(c2ccc(C(F)(F)F)cc2)C1=O. The van der Waals surface area contributed by atoms with Gasteiger partial charge in [0.2, 0.25) is 5.60 Å². The minimum atomic E-state index is -4.54. The van der Waals surface area contributed by atoms with Gasteiger partial charge in [0.15, 0.2) is 0 Å². The first-order valence-corrected chi connectivity index (χ1v) is 8.45. The second kappa shape index (κ2) is 7.43. The van der Waals surface area contributed by atoms with Crippen LogP contribution in [-0.4, -0.2) is 29.1 Å². The van der Waals surface area contributed by atoms with Gasteiger partial charge in [0, 0.05) is 31.3 Å². The molecule has 2 N–H and O–H groups in total. The Kier molecular flexibility index (Phi) is 5.31. The van der Waals surface area contributed by atoms with E-state index in [1.807, 2.05) is 0 Å². The van der Waals surface area contributed by atoms with Gasteiger partial charge < -0.3 is 15.3 Å². The second-order valence-electron chi connectivity index (χ2n) is 6.57. The number of amides is 2. The van der Waals surface area contributed by atoms with E-state index in [4.69, 9.17) is 0 Å². The van der Waals surface area contributed by atoms with Crippen molar-refractivity contribution in [3.63, 3.8) is 0 Å². The number of hydrogen-bond acceptors (Lipinski definition) is 3. The normalized spacial score (nSPS) is 19.5. The zero-order chi connectivity index (χ0) is 21.4. The summed E-state index contributed by atoms with van der Waals surface area (Å²) in [6.07, 6.45) is -4.83. The molecule has 1 atom stereocenters. The molecule has 10 heteroatoms. The second-order valence-corrected chi connectivity index (χ2v) is 6.57. The third kappa shape index (κ3) is 4.21. The maximum absolute atomic E-state index is 13.2. The predicted octanol–water partition coefficient (Wildman–Crippen LogP) is 2.77. The molecule has 2 aromatic carbocycles. The Morgan fingerprint density at radius 1 is 1.10 bits per heavy atom. The number of aliphatic hydroxyl groups is 1. The number of rotatable bonds is 4. The zero-order valence-corrected chi connectivity index (χ0v) is 14.8. The molecule has 0 unspecified atom stereocenters. The van der Waals surface area contributed by atoms with Gasteiger partial charge in [-0.3, -0.25) is 9.59 Å². The van der Waals surface area contributed by atoms with Gasteiger partial charge in [0.05, 0.1) is 5.56 Å². The fourth-order valence-corrected chi connectivity index (χ4v) is 3.03. The maximum atomic E-state index is 13.2.